The smallest absolute Gasteiger partial charge is 0.308 e. The Morgan fingerprint density at radius 1 is 1.60 bits per heavy atom. The lowest BCUT2D eigenvalue weighted by Gasteiger charge is -2.14. The number of carboxylic acid groups (broad SMARTS) is 1. The van der Waals surface area contributed by atoms with Crippen LogP contribution in [0, 0.1) is 5.92 Å². The largest absolute Gasteiger partial charge is 0.481 e. The van der Waals surface area contributed by atoms with E-state index >= 15 is 0 Å². The number of carbonyl (C=O) groups is 1. The predicted molar refractivity (Wildman–Crippen MR) is 56.0 cm³/mol. The molecule has 0 radical (unpaired) electrons. The van der Waals surface area contributed by atoms with Gasteiger partial charge in [0.05, 0.1) is 5.92 Å². The van der Waals surface area contributed by atoms with Gasteiger partial charge in [-0.1, -0.05) is 11.6 Å². The van der Waals surface area contributed by atoms with E-state index in [4.69, 9.17) is 16.7 Å². The zero-order valence-corrected chi connectivity index (χ0v) is 8.74. The summed E-state index contributed by atoms with van der Waals surface area (Å²) in [6.45, 7) is 1.19. The Morgan fingerprint density at radius 3 is 3.07 bits per heavy atom. The number of rotatable bonds is 2. The van der Waals surface area contributed by atoms with E-state index in [9.17, 15) is 4.79 Å². The van der Waals surface area contributed by atoms with Crippen molar-refractivity contribution in [2.45, 2.75) is 5.92 Å². The van der Waals surface area contributed by atoms with Crippen molar-refractivity contribution in [3.8, 4) is 0 Å². The quantitative estimate of drug-likeness (QED) is 0.742. The van der Waals surface area contributed by atoms with Crippen LogP contribution in [0.15, 0.2) is 18.3 Å². The molecule has 0 aliphatic carbocycles. The van der Waals surface area contributed by atoms with Crippen LogP contribution < -0.4 is 5.32 Å². The Labute approximate surface area is 92.3 Å². The molecule has 0 bridgehead atoms. The van der Waals surface area contributed by atoms with E-state index in [1.54, 1.807) is 12.3 Å². The molecule has 4 nitrogen and oxygen atoms in total. The molecule has 1 fully saturated rings. The molecule has 2 atom stereocenters. The second-order valence-electron chi connectivity index (χ2n) is 3.62. The summed E-state index contributed by atoms with van der Waals surface area (Å²) < 4.78 is 0. The van der Waals surface area contributed by atoms with Crippen LogP contribution in [0.25, 0.3) is 0 Å². The number of hydrogen-bond donors (Lipinski definition) is 2. The highest BCUT2D eigenvalue weighted by Gasteiger charge is 2.33. The molecule has 0 aromatic carbocycles. The topological polar surface area (TPSA) is 62.2 Å². The molecule has 0 saturated carbocycles. The van der Waals surface area contributed by atoms with Gasteiger partial charge < -0.3 is 10.4 Å². The van der Waals surface area contributed by atoms with E-state index in [-0.39, 0.29) is 11.8 Å². The van der Waals surface area contributed by atoms with Crippen molar-refractivity contribution < 1.29 is 9.90 Å². The Kier molecular flexibility index (Phi) is 2.88. The maximum absolute atomic E-state index is 11.0. The number of pyridine rings is 1. The summed E-state index contributed by atoms with van der Waals surface area (Å²) in [4.78, 5) is 14.9. The average molecular weight is 227 g/mol. The SMILES string of the molecule is O=C(O)C1CNCC1c1ccnc(Cl)c1. The summed E-state index contributed by atoms with van der Waals surface area (Å²) in [6, 6.07) is 3.55. The molecular weight excluding hydrogens is 216 g/mol. The Hall–Kier alpha value is -1.13. The third-order valence-corrected chi connectivity index (χ3v) is 2.92. The van der Waals surface area contributed by atoms with Crippen LogP contribution in [0.2, 0.25) is 5.15 Å². The van der Waals surface area contributed by atoms with Crippen LogP contribution in [0.3, 0.4) is 0 Å². The van der Waals surface area contributed by atoms with E-state index in [2.05, 4.69) is 10.3 Å². The second kappa shape index (κ2) is 4.16. The first-order chi connectivity index (χ1) is 7.18. The van der Waals surface area contributed by atoms with Gasteiger partial charge in [-0.15, -0.1) is 0 Å². The van der Waals surface area contributed by atoms with Crippen LogP contribution in [-0.2, 0) is 4.79 Å². The normalized spacial score (nSPS) is 25.4. The molecule has 2 N–H and O–H groups in total. The standard InChI is InChI=1S/C10H11ClN2O2/c11-9-3-6(1-2-13-9)7-4-12-5-8(7)10(14)15/h1-3,7-8,12H,4-5H2,(H,14,15). The number of hydrogen-bond acceptors (Lipinski definition) is 3. The lowest BCUT2D eigenvalue weighted by Crippen LogP contribution is -2.21. The lowest BCUT2D eigenvalue weighted by molar-refractivity contribution is -0.141. The molecular formula is C10H11ClN2O2. The Balaban J connectivity index is 2.26. The minimum absolute atomic E-state index is 0.0111. The van der Waals surface area contributed by atoms with Gasteiger partial charge in [-0.2, -0.15) is 0 Å². The van der Waals surface area contributed by atoms with E-state index < -0.39 is 5.97 Å². The number of nitrogens with zero attached hydrogens (tertiary/aromatic N) is 1. The van der Waals surface area contributed by atoms with Crippen molar-refractivity contribution >= 4 is 17.6 Å². The third-order valence-electron chi connectivity index (χ3n) is 2.71. The summed E-state index contributed by atoms with van der Waals surface area (Å²) >= 11 is 5.77. The number of aromatic nitrogens is 1. The van der Waals surface area contributed by atoms with Crippen molar-refractivity contribution in [2.75, 3.05) is 13.1 Å². The van der Waals surface area contributed by atoms with Crippen LogP contribution >= 0.6 is 11.6 Å². The van der Waals surface area contributed by atoms with Crippen molar-refractivity contribution in [3.05, 3.63) is 29.0 Å². The number of nitrogens with one attached hydrogen (secondary N) is 1. The van der Waals surface area contributed by atoms with E-state index in [1.165, 1.54) is 0 Å². The molecule has 80 valence electrons. The fourth-order valence-corrected chi connectivity index (χ4v) is 2.12. The van der Waals surface area contributed by atoms with Crippen LogP contribution in [0.4, 0.5) is 0 Å². The third kappa shape index (κ3) is 2.11. The molecule has 5 heteroatoms. The molecule has 1 aromatic heterocycles. The molecule has 2 unspecified atom stereocenters. The predicted octanol–water partition coefficient (Wildman–Crippen LogP) is 1.12. The van der Waals surface area contributed by atoms with E-state index in [0.29, 0.717) is 18.2 Å². The molecule has 1 aliphatic rings. The van der Waals surface area contributed by atoms with E-state index in [0.717, 1.165) is 5.56 Å². The van der Waals surface area contributed by atoms with E-state index in [1.807, 2.05) is 6.07 Å². The fourth-order valence-electron chi connectivity index (χ4n) is 1.94. The number of halogens is 1. The fraction of sp³-hybridized carbons (Fsp3) is 0.400. The van der Waals surface area contributed by atoms with Crippen LogP contribution in [0.1, 0.15) is 11.5 Å². The highest BCUT2D eigenvalue weighted by atomic mass is 35.5. The lowest BCUT2D eigenvalue weighted by atomic mass is 9.90. The van der Waals surface area contributed by atoms with Crippen molar-refractivity contribution in [1.82, 2.24) is 10.3 Å². The minimum Gasteiger partial charge on any atom is -0.481 e. The van der Waals surface area contributed by atoms with Gasteiger partial charge in [0.1, 0.15) is 5.15 Å². The van der Waals surface area contributed by atoms with Gasteiger partial charge in [0.15, 0.2) is 0 Å². The van der Waals surface area contributed by atoms with Crippen LogP contribution in [0.5, 0.6) is 0 Å². The van der Waals surface area contributed by atoms with Gasteiger partial charge >= 0.3 is 5.97 Å². The van der Waals surface area contributed by atoms with Gasteiger partial charge in [0.2, 0.25) is 0 Å². The van der Waals surface area contributed by atoms with Gasteiger partial charge in [0.25, 0.3) is 0 Å². The summed E-state index contributed by atoms with van der Waals surface area (Å²) in [5, 5.41) is 12.5. The van der Waals surface area contributed by atoms with Gasteiger partial charge in [-0.3, -0.25) is 4.79 Å². The second-order valence-corrected chi connectivity index (χ2v) is 4.01. The number of carboxylic acids is 1. The maximum Gasteiger partial charge on any atom is 0.308 e. The van der Waals surface area contributed by atoms with Crippen molar-refractivity contribution in [3.63, 3.8) is 0 Å². The molecule has 2 rings (SSSR count). The Bertz CT molecular complexity index is 383. The molecule has 0 spiro atoms. The van der Waals surface area contributed by atoms with Gasteiger partial charge in [0, 0.05) is 25.2 Å². The molecule has 1 aliphatic heterocycles. The highest BCUT2D eigenvalue weighted by Crippen LogP contribution is 2.28. The average Bonchev–Trinajstić information content (AvgIpc) is 2.65. The number of aliphatic carboxylic acids is 1. The first-order valence-corrected chi connectivity index (χ1v) is 5.11. The minimum atomic E-state index is -0.766. The van der Waals surface area contributed by atoms with Crippen molar-refractivity contribution in [2.24, 2.45) is 5.92 Å². The van der Waals surface area contributed by atoms with Gasteiger partial charge in [-0.25, -0.2) is 4.98 Å². The molecule has 0 amide bonds. The summed E-state index contributed by atoms with van der Waals surface area (Å²) in [5.74, 6) is -1.15. The highest BCUT2D eigenvalue weighted by molar-refractivity contribution is 6.29. The Morgan fingerprint density at radius 2 is 2.40 bits per heavy atom. The van der Waals surface area contributed by atoms with Crippen LogP contribution in [-0.4, -0.2) is 29.1 Å². The molecule has 2 heterocycles. The molecule has 1 saturated heterocycles. The summed E-state index contributed by atoms with van der Waals surface area (Å²) in [6.07, 6.45) is 1.61. The summed E-state index contributed by atoms with van der Waals surface area (Å²) in [7, 11) is 0. The van der Waals surface area contributed by atoms with Crippen molar-refractivity contribution in [1.29, 1.82) is 0 Å². The maximum atomic E-state index is 11.0. The first-order valence-electron chi connectivity index (χ1n) is 4.73. The zero-order chi connectivity index (χ0) is 10.8. The zero-order valence-electron chi connectivity index (χ0n) is 7.98. The summed E-state index contributed by atoms with van der Waals surface area (Å²) in [5.41, 5.74) is 0.937. The monoisotopic (exact) mass is 226 g/mol. The van der Waals surface area contributed by atoms with Gasteiger partial charge in [-0.05, 0) is 17.7 Å². The molecule has 15 heavy (non-hydrogen) atoms. The first kappa shape index (κ1) is 10.4. The molecule has 1 aromatic rings.